The van der Waals surface area contributed by atoms with Crippen LogP contribution in [0.15, 0.2) is 30.3 Å². The molecule has 0 fully saturated rings. The summed E-state index contributed by atoms with van der Waals surface area (Å²) in [5, 5.41) is 9.65. The minimum atomic E-state index is -1.15. The average molecular weight is 319 g/mol. The van der Waals surface area contributed by atoms with Gasteiger partial charge in [0.05, 0.1) is 15.1 Å². The van der Waals surface area contributed by atoms with E-state index in [2.05, 4.69) is 4.98 Å². The molecule has 0 aliphatic carbocycles. The van der Waals surface area contributed by atoms with Crippen LogP contribution < -0.4 is 4.74 Å². The Morgan fingerprint density at radius 2 is 1.79 bits per heavy atom. The predicted molar refractivity (Wildman–Crippen MR) is 72.7 cm³/mol. The van der Waals surface area contributed by atoms with E-state index < -0.39 is 5.97 Å². The standard InChI is InChI=1S/C12H6Cl3NO3/c13-6-4-8(15)10(5-7(6)14)19-11-3-1-2-9(16-11)12(17)18/h1-5H,(H,17,18). The summed E-state index contributed by atoms with van der Waals surface area (Å²) in [6.07, 6.45) is 0. The van der Waals surface area contributed by atoms with E-state index >= 15 is 0 Å². The van der Waals surface area contributed by atoms with Gasteiger partial charge in [-0.3, -0.25) is 0 Å². The topological polar surface area (TPSA) is 59.4 Å². The molecule has 1 heterocycles. The lowest BCUT2D eigenvalue weighted by molar-refractivity contribution is 0.0689. The molecule has 0 atom stereocenters. The molecule has 0 amide bonds. The first-order valence-corrected chi connectivity index (χ1v) is 6.13. The van der Waals surface area contributed by atoms with Crippen molar-refractivity contribution >= 4 is 40.8 Å². The minimum absolute atomic E-state index is 0.0974. The molecule has 98 valence electrons. The highest BCUT2D eigenvalue weighted by molar-refractivity contribution is 6.43. The summed E-state index contributed by atoms with van der Waals surface area (Å²) in [5.74, 6) is -0.808. The first kappa shape index (κ1) is 13.9. The van der Waals surface area contributed by atoms with E-state index in [9.17, 15) is 4.79 Å². The van der Waals surface area contributed by atoms with Gasteiger partial charge < -0.3 is 9.84 Å². The number of benzene rings is 1. The van der Waals surface area contributed by atoms with Crippen LogP contribution in [0, 0.1) is 0 Å². The van der Waals surface area contributed by atoms with Crippen molar-refractivity contribution in [3.8, 4) is 11.6 Å². The van der Waals surface area contributed by atoms with Gasteiger partial charge in [-0.15, -0.1) is 0 Å². The van der Waals surface area contributed by atoms with E-state index in [-0.39, 0.29) is 27.4 Å². The van der Waals surface area contributed by atoms with Crippen LogP contribution >= 0.6 is 34.8 Å². The minimum Gasteiger partial charge on any atom is -0.477 e. The highest BCUT2D eigenvalue weighted by atomic mass is 35.5. The van der Waals surface area contributed by atoms with E-state index in [0.717, 1.165) is 0 Å². The summed E-state index contributed by atoms with van der Waals surface area (Å²) in [6.45, 7) is 0. The van der Waals surface area contributed by atoms with Gasteiger partial charge in [-0.05, 0) is 12.1 Å². The average Bonchev–Trinajstić information content (AvgIpc) is 2.36. The molecule has 1 aromatic heterocycles. The monoisotopic (exact) mass is 317 g/mol. The van der Waals surface area contributed by atoms with Crippen molar-refractivity contribution in [2.24, 2.45) is 0 Å². The first-order chi connectivity index (χ1) is 8.97. The number of pyridine rings is 1. The van der Waals surface area contributed by atoms with Crippen molar-refractivity contribution in [2.75, 3.05) is 0 Å². The molecule has 19 heavy (non-hydrogen) atoms. The maximum absolute atomic E-state index is 10.8. The molecule has 4 nitrogen and oxygen atoms in total. The van der Waals surface area contributed by atoms with Crippen LogP contribution in [0.25, 0.3) is 0 Å². The quantitative estimate of drug-likeness (QED) is 0.844. The molecule has 7 heteroatoms. The fourth-order valence-corrected chi connectivity index (χ4v) is 1.86. The van der Waals surface area contributed by atoms with Crippen LogP contribution in [0.1, 0.15) is 10.5 Å². The fourth-order valence-electron chi connectivity index (χ4n) is 1.29. The molecule has 0 saturated carbocycles. The zero-order valence-corrected chi connectivity index (χ0v) is 11.5. The van der Waals surface area contributed by atoms with Gasteiger partial charge in [-0.1, -0.05) is 40.9 Å². The summed E-state index contributed by atoms with van der Waals surface area (Å²) in [5.41, 5.74) is -0.131. The first-order valence-electron chi connectivity index (χ1n) is 5.00. The molecule has 1 aromatic carbocycles. The molecular weight excluding hydrogens is 312 g/mol. The summed E-state index contributed by atoms with van der Waals surface area (Å²) in [6, 6.07) is 7.23. The Balaban J connectivity index is 2.33. The number of hydrogen-bond donors (Lipinski definition) is 1. The SMILES string of the molecule is O=C(O)c1cccc(Oc2cc(Cl)c(Cl)cc2Cl)n1. The van der Waals surface area contributed by atoms with Crippen LogP contribution in [0.2, 0.25) is 15.1 Å². The molecule has 2 aromatic rings. The van der Waals surface area contributed by atoms with Gasteiger partial charge in [0.2, 0.25) is 5.88 Å². The van der Waals surface area contributed by atoms with E-state index in [4.69, 9.17) is 44.6 Å². The van der Waals surface area contributed by atoms with Crippen molar-refractivity contribution in [1.29, 1.82) is 0 Å². The number of aromatic nitrogens is 1. The van der Waals surface area contributed by atoms with Gasteiger partial charge in [0.25, 0.3) is 0 Å². The largest absolute Gasteiger partial charge is 0.477 e. The van der Waals surface area contributed by atoms with E-state index in [1.165, 1.54) is 30.3 Å². The van der Waals surface area contributed by atoms with Crippen molar-refractivity contribution in [2.45, 2.75) is 0 Å². The van der Waals surface area contributed by atoms with E-state index in [0.29, 0.717) is 5.02 Å². The molecule has 2 rings (SSSR count). The number of hydrogen-bond acceptors (Lipinski definition) is 3. The Morgan fingerprint density at radius 1 is 1.11 bits per heavy atom. The van der Waals surface area contributed by atoms with Crippen molar-refractivity contribution in [3.63, 3.8) is 0 Å². The second-order valence-electron chi connectivity index (χ2n) is 3.47. The van der Waals surface area contributed by atoms with Gasteiger partial charge in [0.1, 0.15) is 5.75 Å². The van der Waals surface area contributed by atoms with Gasteiger partial charge in [0, 0.05) is 12.1 Å². The van der Waals surface area contributed by atoms with Crippen LogP contribution in [0.4, 0.5) is 0 Å². The molecule has 0 unspecified atom stereocenters. The summed E-state index contributed by atoms with van der Waals surface area (Å²) in [7, 11) is 0. The molecule has 0 bridgehead atoms. The maximum Gasteiger partial charge on any atom is 0.354 e. The summed E-state index contributed by atoms with van der Waals surface area (Å²) in [4.78, 5) is 14.6. The molecule has 0 aliphatic rings. The molecule has 0 radical (unpaired) electrons. The Labute approximate surface area is 123 Å². The lowest BCUT2D eigenvalue weighted by Crippen LogP contribution is -2.00. The van der Waals surface area contributed by atoms with Gasteiger partial charge >= 0.3 is 5.97 Å². The zero-order chi connectivity index (χ0) is 14.0. The molecule has 1 N–H and O–H groups in total. The number of nitrogens with zero attached hydrogens (tertiary/aromatic N) is 1. The van der Waals surface area contributed by atoms with Crippen LogP contribution in [0.3, 0.4) is 0 Å². The van der Waals surface area contributed by atoms with E-state index in [1.807, 2.05) is 0 Å². The number of ether oxygens (including phenoxy) is 1. The fraction of sp³-hybridized carbons (Fsp3) is 0. The highest BCUT2D eigenvalue weighted by Gasteiger charge is 2.10. The maximum atomic E-state index is 10.8. The number of rotatable bonds is 3. The lowest BCUT2D eigenvalue weighted by atomic mass is 10.3. The molecule has 0 spiro atoms. The van der Waals surface area contributed by atoms with Crippen molar-refractivity contribution in [1.82, 2.24) is 4.98 Å². The van der Waals surface area contributed by atoms with E-state index in [1.54, 1.807) is 0 Å². The summed E-state index contributed by atoms with van der Waals surface area (Å²) >= 11 is 17.6. The Bertz CT molecular complexity index is 646. The second kappa shape index (κ2) is 5.65. The molecule has 0 saturated heterocycles. The Morgan fingerprint density at radius 3 is 2.47 bits per heavy atom. The number of carboxylic acids is 1. The summed E-state index contributed by atoms with van der Waals surface area (Å²) < 4.78 is 5.39. The van der Waals surface area contributed by atoms with Gasteiger partial charge in [0.15, 0.2) is 5.69 Å². The predicted octanol–water partition coefficient (Wildman–Crippen LogP) is 4.53. The van der Waals surface area contributed by atoms with Gasteiger partial charge in [-0.2, -0.15) is 0 Å². The Kier molecular flexibility index (Phi) is 4.14. The third-order valence-corrected chi connectivity index (χ3v) is 3.15. The number of aromatic carboxylic acids is 1. The number of halogens is 3. The van der Waals surface area contributed by atoms with Crippen LogP contribution in [-0.2, 0) is 0 Å². The van der Waals surface area contributed by atoms with Crippen LogP contribution in [0.5, 0.6) is 11.6 Å². The Hall–Kier alpha value is -1.49. The van der Waals surface area contributed by atoms with Crippen molar-refractivity contribution in [3.05, 3.63) is 51.1 Å². The lowest BCUT2D eigenvalue weighted by Gasteiger charge is -2.08. The second-order valence-corrected chi connectivity index (χ2v) is 4.69. The molecule has 0 aliphatic heterocycles. The normalized spacial score (nSPS) is 10.3. The molecular formula is C12H6Cl3NO3. The smallest absolute Gasteiger partial charge is 0.354 e. The highest BCUT2D eigenvalue weighted by Crippen LogP contribution is 2.35. The number of carbonyl (C=O) groups is 1. The van der Waals surface area contributed by atoms with Crippen molar-refractivity contribution < 1.29 is 14.6 Å². The third kappa shape index (κ3) is 3.29. The van der Waals surface area contributed by atoms with Crippen LogP contribution in [-0.4, -0.2) is 16.1 Å². The van der Waals surface area contributed by atoms with Gasteiger partial charge in [-0.25, -0.2) is 9.78 Å². The zero-order valence-electron chi connectivity index (χ0n) is 9.23. The third-order valence-electron chi connectivity index (χ3n) is 2.13. The number of carboxylic acid groups (broad SMARTS) is 1.